The first-order valence-electron chi connectivity index (χ1n) is 17.2. The van der Waals surface area contributed by atoms with Gasteiger partial charge in [0.15, 0.2) is 0 Å². The number of aliphatic hydroxyl groups excluding tert-OH is 2. The molecule has 0 saturated carbocycles. The third kappa shape index (κ3) is 7.99. The molecule has 2 heterocycles. The van der Waals surface area contributed by atoms with E-state index in [9.17, 15) is 19.8 Å². The Bertz CT molecular complexity index is 1780. The van der Waals surface area contributed by atoms with Crippen LogP contribution in [-0.4, -0.2) is 74.3 Å². The fourth-order valence-corrected chi connectivity index (χ4v) is 8.21. The SMILES string of the molecule is CC(=O)C[C@H](O)CN1Cc2ccc(-c3cccc(-c4cccc(-c5ccc6c(c5)CC(C)N(C[C@@H](O)CC(=O)O)C6)c4Cl)c3Cl)cc2CC1C. The second kappa shape index (κ2) is 15.4. The summed E-state index contributed by atoms with van der Waals surface area (Å²) in [4.78, 5) is 26.9. The van der Waals surface area contributed by atoms with E-state index in [0.29, 0.717) is 29.7 Å². The van der Waals surface area contributed by atoms with Gasteiger partial charge in [0, 0.05) is 66.9 Å². The van der Waals surface area contributed by atoms with Crippen molar-refractivity contribution in [3.8, 4) is 33.4 Å². The fraction of sp³-hybridized carbons (Fsp3) is 0.366. The molecule has 50 heavy (non-hydrogen) atoms. The maximum absolute atomic E-state index is 11.5. The van der Waals surface area contributed by atoms with E-state index in [1.54, 1.807) is 0 Å². The Balaban J connectivity index is 1.24. The number of aliphatic hydroxyl groups is 2. The van der Waals surface area contributed by atoms with E-state index in [0.717, 1.165) is 58.3 Å². The predicted octanol–water partition coefficient (Wildman–Crippen LogP) is 7.66. The number of carbonyl (C=O) groups is 2. The highest BCUT2D eigenvalue weighted by molar-refractivity contribution is 6.39. The van der Waals surface area contributed by atoms with E-state index in [1.165, 1.54) is 23.6 Å². The number of Topliss-reactive ketones (excluding diaryl/α,β-unsaturated/α-hetero) is 1. The number of carboxylic acid groups (broad SMARTS) is 1. The minimum Gasteiger partial charge on any atom is -0.481 e. The van der Waals surface area contributed by atoms with Crippen LogP contribution in [0.15, 0.2) is 72.8 Å². The van der Waals surface area contributed by atoms with Gasteiger partial charge in [-0.05, 0) is 67.0 Å². The molecule has 4 atom stereocenters. The number of rotatable bonds is 11. The van der Waals surface area contributed by atoms with Crippen LogP contribution in [0, 0.1) is 0 Å². The molecule has 3 N–H and O–H groups in total. The summed E-state index contributed by atoms with van der Waals surface area (Å²) in [7, 11) is 0. The number of ketones is 1. The summed E-state index contributed by atoms with van der Waals surface area (Å²) in [6.45, 7) is 7.93. The number of hydrogen-bond acceptors (Lipinski definition) is 6. The summed E-state index contributed by atoms with van der Waals surface area (Å²) in [5, 5.41) is 30.9. The monoisotopic (exact) mass is 714 g/mol. The summed E-state index contributed by atoms with van der Waals surface area (Å²) in [6, 6.07) is 25.3. The predicted molar refractivity (Wildman–Crippen MR) is 199 cm³/mol. The van der Waals surface area contributed by atoms with Crippen molar-refractivity contribution in [2.24, 2.45) is 0 Å². The highest BCUT2D eigenvalue weighted by Crippen LogP contribution is 2.43. The molecular weight excluding hydrogens is 671 g/mol. The number of carboxylic acids is 1. The lowest BCUT2D eigenvalue weighted by Gasteiger charge is -2.36. The van der Waals surface area contributed by atoms with Gasteiger partial charge in [-0.15, -0.1) is 0 Å². The topological polar surface area (TPSA) is 101 Å². The molecule has 262 valence electrons. The lowest BCUT2D eigenvalue weighted by molar-refractivity contribution is -0.139. The number of halogens is 2. The molecule has 4 aromatic rings. The number of hydrogen-bond donors (Lipinski definition) is 3. The van der Waals surface area contributed by atoms with Crippen LogP contribution in [0.1, 0.15) is 55.9 Å². The van der Waals surface area contributed by atoms with Crippen LogP contribution in [-0.2, 0) is 35.5 Å². The second-order valence-electron chi connectivity index (χ2n) is 14.1. The standard InChI is InChI=1S/C41H44Cl2N2O5/c1-24-14-31-17-27(10-12-29(31)20-44(24)22-33(47)16-26(3)46)35-6-4-8-37(40(35)42)38-9-5-7-36(41(38)43)28-11-13-30-21-45(23-34(48)19-39(49)50)25(2)15-32(30)18-28/h4-13,17-18,24-25,33-34,47-48H,14-16,19-23H2,1-3H3,(H,49,50)/t24?,25?,33-,34-/m0/s1. The van der Waals surface area contributed by atoms with Gasteiger partial charge in [0.25, 0.3) is 0 Å². The van der Waals surface area contributed by atoms with Crippen LogP contribution in [0.4, 0.5) is 0 Å². The van der Waals surface area contributed by atoms with Crippen molar-refractivity contribution in [3.05, 3.63) is 105 Å². The molecule has 2 aliphatic heterocycles. The van der Waals surface area contributed by atoms with Gasteiger partial charge in [0.1, 0.15) is 5.78 Å². The summed E-state index contributed by atoms with van der Waals surface area (Å²) in [5.74, 6) is -1.00. The first kappa shape index (κ1) is 36.2. The summed E-state index contributed by atoms with van der Waals surface area (Å²) < 4.78 is 0. The van der Waals surface area contributed by atoms with E-state index in [2.05, 4.69) is 60.0 Å². The van der Waals surface area contributed by atoms with Crippen molar-refractivity contribution < 1.29 is 24.9 Å². The third-order valence-electron chi connectivity index (χ3n) is 10.2. The van der Waals surface area contributed by atoms with Gasteiger partial charge < -0.3 is 15.3 Å². The minimum absolute atomic E-state index is 0.00378. The molecule has 2 unspecified atom stereocenters. The summed E-state index contributed by atoms with van der Waals surface area (Å²) in [6.07, 6.45) is -0.0368. The lowest BCUT2D eigenvalue weighted by atomic mass is 9.89. The smallest absolute Gasteiger partial charge is 0.306 e. The zero-order valence-electron chi connectivity index (χ0n) is 28.7. The fourth-order valence-electron chi connectivity index (χ4n) is 7.54. The molecule has 2 aliphatic rings. The van der Waals surface area contributed by atoms with E-state index in [4.69, 9.17) is 28.3 Å². The average Bonchev–Trinajstić information content (AvgIpc) is 3.05. The molecule has 0 aliphatic carbocycles. The summed E-state index contributed by atoms with van der Waals surface area (Å²) >= 11 is 14.4. The normalized spacial score (nSPS) is 19.0. The number of fused-ring (bicyclic) bond motifs is 2. The zero-order chi connectivity index (χ0) is 35.7. The number of β-amino-alcohol motifs (C(OH)–C–C–N with tert-alkyl or cyclic N) is 2. The van der Waals surface area contributed by atoms with E-state index in [1.807, 2.05) is 36.4 Å². The van der Waals surface area contributed by atoms with Crippen molar-refractivity contribution >= 4 is 35.0 Å². The van der Waals surface area contributed by atoms with E-state index in [-0.39, 0.29) is 30.7 Å². The van der Waals surface area contributed by atoms with Gasteiger partial charge >= 0.3 is 5.97 Å². The van der Waals surface area contributed by atoms with Crippen molar-refractivity contribution in [1.82, 2.24) is 9.80 Å². The van der Waals surface area contributed by atoms with Crippen LogP contribution >= 0.6 is 23.2 Å². The second-order valence-corrected chi connectivity index (χ2v) is 14.8. The maximum atomic E-state index is 11.5. The zero-order valence-corrected chi connectivity index (χ0v) is 30.2. The largest absolute Gasteiger partial charge is 0.481 e. The van der Waals surface area contributed by atoms with Gasteiger partial charge in [-0.3, -0.25) is 19.4 Å². The van der Waals surface area contributed by atoms with Crippen LogP contribution in [0.3, 0.4) is 0 Å². The number of carbonyl (C=O) groups excluding carboxylic acids is 1. The first-order valence-corrected chi connectivity index (χ1v) is 18.0. The van der Waals surface area contributed by atoms with Gasteiger partial charge in [0.2, 0.25) is 0 Å². The molecule has 0 aromatic heterocycles. The Labute approximate surface area is 304 Å². The molecule has 0 radical (unpaired) electrons. The van der Waals surface area contributed by atoms with Crippen LogP contribution < -0.4 is 0 Å². The van der Waals surface area contributed by atoms with E-state index >= 15 is 0 Å². The van der Waals surface area contributed by atoms with Crippen molar-refractivity contribution in [3.63, 3.8) is 0 Å². The molecule has 4 aromatic carbocycles. The molecule has 7 nitrogen and oxygen atoms in total. The van der Waals surface area contributed by atoms with Crippen molar-refractivity contribution in [2.45, 2.75) is 83.8 Å². The highest BCUT2D eigenvalue weighted by atomic mass is 35.5. The molecule has 0 amide bonds. The molecule has 0 fully saturated rings. The first-order chi connectivity index (χ1) is 23.9. The van der Waals surface area contributed by atoms with Crippen LogP contribution in [0.25, 0.3) is 33.4 Å². The molecule has 0 spiro atoms. The number of aliphatic carboxylic acids is 1. The Morgan fingerprint density at radius 3 is 1.52 bits per heavy atom. The van der Waals surface area contributed by atoms with Gasteiger partial charge in [-0.25, -0.2) is 0 Å². The number of nitrogens with zero attached hydrogens (tertiary/aromatic N) is 2. The Hall–Kier alpha value is -3.56. The Kier molecular flexibility index (Phi) is 11.1. The third-order valence-corrected chi connectivity index (χ3v) is 11.0. The highest BCUT2D eigenvalue weighted by Gasteiger charge is 2.28. The van der Waals surface area contributed by atoms with Crippen LogP contribution in [0.2, 0.25) is 10.0 Å². The van der Waals surface area contributed by atoms with E-state index < -0.39 is 18.2 Å². The quantitative estimate of drug-likeness (QED) is 0.147. The summed E-state index contributed by atoms with van der Waals surface area (Å²) in [5.41, 5.74) is 10.5. The van der Waals surface area contributed by atoms with Gasteiger partial charge in [-0.1, -0.05) is 96.0 Å². The average molecular weight is 716 g/mol. The molecule has 9 heteroatoms. The van der Waals surface area contributed by atoms with Gasteiger partial charge in [0.05, 0.1) is 28.7 Å². The van der Waals surface area contributed by atoms with Gasteiger partial charge in [-0.2, -0.15) is 0 Å². The maximum Gasteiger partial charge on any atom is 0.306 e. The lowest BCUT2D eigenvalue weighted by Crippen LogP contribution is -2.43. The minimum atomic E-state index is -0.998. The van der Waals surface area contributed by atoms with Crippen molar-refractivity contribution in [1.29, 1.82) is 0 Å². The number of benzene rings is 4. The molecular formula is C41H44Cl2N2O5. The molecule has 6 rings (SSSR count). The molecule has 0 saturated heterocycles. The van der Waals surface area contributed by atoms with Crippen LogP contribution in [0.5, 0.6) is 0 Å². The van der Waals surface area contributed by atoms with Crippen molar-refractivity contribution in [2.75, 3.05) is 13.1 Å². The Morgan fingerprint density at radius 1 is 0.680 bits per heavy atom. The molecule has 0 bridgehead atoms. The Morgan fingerprint density at radius 2 is 1.10 bits per heavy atom.